The zero-order valence-corrected chi connectivity index (χ0v) is 37.8. The number of aromatic nitrogens is 2. The van der Waals surface area contributed by atoms with Crippen molar-refractivity contribution < 1.29 is 9.47 Å². The van der Waals surface area contributed by atoms with Crippen LogP contribution in [0.25, 0.3) is 93.8 Å². The Bertz CT molecular complexity index is 3630. The van der Waals surface area contributed by atoms with Crippen molar-refractivity contribution in [3.63, 3.8) is 0 Å². The maximum absolute atomic E-state index is 6.19. The molecule has 0 fully saturated rings. The van der Waals surface area contributed by atoms with E-state index in [0.29, 0.717) is 0 Å². The summed E-state index contributed by atoms with van der Waals surface area (Å²) in [6, 6.07) is 44.3. The van der Waals surface area contributed by atoms with E-state index in [2.05, 4.69) is 180 Å². The van der Waals surface area contributed by atoms with Gasteiger partial charge in [0.15, 0.2) is 0 Å². The third-order valence-electron chi connectivity index (χ3n) is 14.4. The quantitative estimate of drug-likeness (QED) is 0.162. The Balaban J connectivity index is 1.30. The number of benzene rings is 8. The summed E-state index contributed by atoms with van der Waals surface area (Å²) in [5, 5.41) is 4.86. The Hall–Kier alpha value is -6.98. The predicted molar refractivity (Wildman–Crippen MR) is 267 cm³/mol. The summed E-state index contributed by atoms with van der Waals surface area (Å²) in [5.74, 6) is 1.69. The summed E-state index contributed by atoms with van der Waals surface area (Å²) in [6.07, 6.45) is 0. The van der Waals surface area contributed by atoms with E-state index in [1.807, 2.05) is 0 Å². The molecule has 63 heavy (non-hydrogen) atoms. The lowest BCUT2D eigenvalue weighted by Crippen LogP contribution is -2.55. The fraction of sp³-hybridized carbons (Fsp3) is 0.172. The van der Waals surface area contributed by atoms with E-state index in [9.17, 15) is 0 Å². The molecule has 5 heteroatoms. The smallest absolute Gasteiger partial charge is 0.333 e. The number of nitrogens with zero attached hydrogens (tertiary/aromatic N) is 2. The predicted octanol–water partition coefficient (Wildman–Crippen LogP) is 13.3. The minimum Gasteiger partial charge on any atom is -0.497 e. The van der Waals surface area contributed by atoms with Crippen LogP contribution >= 0.6 is 0 Å². The molecule has 4 heterocycles. The highest BCUT2D eigenvalue weighted by atomic mass is 16.5. The highest BCUT2D eigenvalue weighted by molar-refractivity contribution is 6.90. The van der Waals surface area contributed by atoms with Gasteiger partial charge in [-0.2, -0.15) is 0 Å². The van der Waals surface area contributed by atoms with E-state index in [1.165, 1.54) is 133 Å². The zero-order chi connectivity index (χ0) is 43.3. The number of ether oxygens (including phenoxy) is 2. The molecule has 0 bridgehead atoms. The Morgan fingerprint density at radius 1 is 0.429 bits per heavy atom. The van der Waals surface area contributed by atoms with Gasteiger partial charge in [-0.3, -0.25) is 0 Å². The number of fused-ring (bicyclic) bond motifs is 10. The van der Waals surface area contributed by atoms with Gasteiger partial charge in [-0.15, -0.1) is 0 Å². The van der Waals surface area contributed by atoms with Crippen LogP contribution in [0, 0.1) is 55.4 Å². The molecule has 0 radical (unpaired) electrons. The second-order valence-electron chi connectivity index (χ2n) is 18.5. The van der Waals surface area contributed by atoms with Crippen LogP contribution in [-0.2, 0) is 0 Å². The van der Waals surface area contributed by atoms with Crippen LogP contribution in [0.5, 0.6) is 11.5 Å². The molecule has 306 valence electrons. The van der Waals surface area contributed by atoms with Crippen molar-refractivity contribution in [2.45, 2.75) is 55.4 Å². The normalized spacial score (nSPS) is 12.6. The summed E-state index contributed by atoms with van der Waals surface area (Å²) < 4.78 is 17.3. The third kappa shape index (κ3) is 5.17. The van der Waals surface area contributed by atoms with Gasteiger partial charge in [-0.25, -0.2) is 0 Å². The minimum atomic E-state index is -0.117. The second-order valence-corrected chi connectivity index (χ2v) is 18.5. The molecule has 0 saturated carbocycles. The number of rotatable bonds is 5. The summed E-state index contributed by atoms with van der Waals surface area (Å²) in [5.41, 5.74) is 29.2. The molecule has 10 aromatic rings. The van der Waals surface area contributed by atoms with E-state index >= 15 is 0 Å². The van der Waals surface area contributed by atoms with Crippen LogP contribution in [0.4, 0.5) is 0 Å². The lowest BCUT2D eigenvalue weighted by Gasteiger charge is -2.35. The molecule has 4 nitrogen and oxygen atoms in total. The summed E-state index contributed by atoms with van der Waals surface area (Å²) in [6.45, 7) is 17.9. The van der Waals surface area contributed by atoms with Crippen molar-refractivity contribution >= 4 is 61.4 Å². The van der Waals surface area contributed by atoms with Crippen LogP contribution in [0.3, 0.4) is 0 Å². The molecule has 0 amide bonds. The van der Waals surface area contributed by atoms with E-state index in [4.69, 9.17) is 9.47 Å². The van der Waals surface area contributed by atoms with Crippen LogP contribution in [-0.4, -0.2) is 30.1 Å². The van der Waals surface area contributed by atoms with Crippen molar-refractivity contribution in [2.75, 3.05) is 14.2 Å². The first kappa shape index (κ1) is 37.8. The lowest BCUT2D eigenvalue weighted by atomic mass is 9.45. The molecular formula is C58H49BN2O2. The Morgan fingerprint density at radius 2 is 0.968 bits per heavy atom. The van der Waals surface area contributed by atoms with Crippen molar-refractivity contribution in [3.8, 4) is 61.7 Å². The second kappa shape index (κ2) is 13.3. The van der Waals surface area contributed by atoms with Gasteiger partial charge >= 0.3 is 6.85 Å². The van der Waals surface area contributed by atoms with Crippen LogP contribution in [0.15, 0.2) is 115 Å². The summed E-state index contributed by atoms with van der Waals surface area (Å²) in [7, 11) is 3.54. The molecule has 12 rings (SSSR count). The highest BCUT2D eigenvalue weighted by Gasteiger charge is 2.42. The van der Waals surface area contributed by atoms with E-state index in [1.54, 1.807) is 14.2 Å². The molecule has 0 N–H and O–H groups in total. The number of aryl methyl sites for hydroxylation is 8. The number of hydrogen-bond acceptors (Lipinski definition) is 2. The first-order valence-electron chi connectivity index (χ1n) is 22.2. The van der Waals surface area contributed by atoms with Crippen molar-refractivity contribution in [1.29, 1.82) is 0 Å². The molecule has 8 aromatic carbocycles. The maximum atomic E-state index is 6.19. The molecule has 0 aliphatic carbocycles. The standard InChI is InChI=1S/C58H49BN2O2/c1-30-18-34(5)54(35(6)19-30)38-14-16-51-43(22-38)46-24-39(55-36(7)20-31(2)21-37(55)8)25-47-45-23-40(53-32(3)12-11-13-33(53)4)26-52-56(45)59(61(51)57(46)47)49-29-42(63-10)28-48-44-27-41(62-9)15-17-50(44)60(52)58(48)49/h11-29H,1-10H3. The van der Waals surface area contributed by atoms with Crippen LogP contribution in [0.1, 0.15) is 44.5 Å². The molecule has 0 unspecified atom stereocenters. The largest absolute Gasteiger partial charge is 0.497 e. The van der Waals surface area contributed by atoms with Gasteiger partial charge in [0.1, 0.15) is 11.5 Å². The SMILES string of the molecule is COc1ccc2c(c1)c1cc(OC)cc3c1n2-c1cc(-c2c(C)cccc2C)cc2c1B3n1c3ccc(-c4c(C)cc(C)cc4C)cc3c3cc(-c4c(C)cc(C)cc4C)cc-2c31. The number of hydrogen-bond donors (Lipinski definition) is 0. The lowest BCUT2D eigenvalue weighted by molar-refractivity contribution is 0.415. The van der Waals surface area contributed by atoms with Gasteiger partial charge in [-0.05, 0) is 205 Å². The van der Waals surface area contributed by atoms with Crippen LogP contribution < -0.4 is 20.4 Å². The Labute approximate surface area is 369 Å². The van der Waals surface area contributed by atoms with Crippen LogP contribution in [0.2, 0.25) is 0 Å². The monoisotopic (exact) mass is 816 g/mol. The molecule has 0 saturated heterocycles. The van der Waals surface area contributed by atoms with E-state index < -0.39 is 0 Å². The molecule has 2 aliphatic heterocycles. The zero-order valence-electron chi connectivity index (χ0n) is 37.8. The molecule has 2 aromatic heterocycles. The van der Waals surface area contributed by atoms with Gasteiger partial charge < -0.3 is 18.5 Å². The minimum absolute atomic E-state index is 0.117. The topological polar surface area (TPSA) is 28.3 Å². The van der Waals surface area contributed by atoms with Crippen molar-refractivity contribution in [2.24, 2.45) is 0 Å². The van der Waals surface area contributed by atoms with Gasteiger partial charge in [0, 0.05) is 43.8 Å². The summed E-state index contributed by atoms with van der Waals surface area (Å²) >= 11 is 0. The molecule has 0 atom stereocenters. The maximum Gasteiger partial charge on any atom is 0.333 e. The van der Waals surface area contributed by atoms with Crippen molar-refractivity contribution in [1.82, 2.24) is 9.05 Å². The third-order valence-corrected chi connectivity index (χ3v) is 14.4. The Kier molecular flexibility index (Phi) is 7.95. The first-order chi connectivity index (χ1) is 30.4. The average molecular weight is 817 g/mol. The van der Waals surface area contributed by atoms with Crippen molar-refractivity contribution in [3.05, 3.63) is 160 Å². The fourth-order valence-electron chi connectivity index (χ4n) is 12.2. The first-order valence-corrected chi connectivity index (χ1v) is 22.2. The summed E-state index contributed by atoms with van der Waals surface area (Å²) in [4.78, 5) is 0. The highest BCUT2D eigenvalue weighted by Crippen LogP contribution is 2.48. The molecule has 0 spiro atoms. The molecule has 2 aliphatic rings. The van der Waals surface area contributed by atoms with E-state index in [-0.39, 0.29) is 6.85 Å². The van der Waals surface area contributed by atoms with Gasteiger partial charge in [0.05, 0.1) is 25.3 Å². The molecular weight excluding hydrogens is 767 g/mol. The van der Waals surface area contributed by atoms with Gasteiger partial charge in [0.2, 0.25) is 0 Å². The number of methoxy groups -OCH3 is 2. The average Bonchev–Trinajstić information content (AvgIpc) is 3.75. The van der Waals surface area contributed by atoms with E-state index in [0.717, 1.165) is 27.8 Å². The Morgan fingerprint density at radius 3 is 1.63 bits per heavy atom. The van der Waals surface area contributed by atoms with Gasteiger partial charge in [0.25, 0.3) is 0 Å². The van der Waals surface area contributed by atoms with Gasteiger partial charge in [-0.1, -0.05) is 59.7 Å². The fourth-order valence-corrected chi connectivity index (χ4v) is 12.2.